The summed E-state index contributed by atoms with van der Waals surface area (Å²) in [6.45, 7) is 6.44. The number of ether oxygens (including phenoxy) is 2. The maximum atomic E-state index is 11.8. The van der Waals surface area contributed by atoms with Crippen molar-refractivity contribution in [3.05, 3.63) is 23.8 Å². The van der Waals surface area contributed by atoms with Crippen LogP contribution in [0.25, 0.3) is 0 Å². The van der Waals surface area contributed by atoms with Crippen LogP contribution in [0.15, 0.2) is 18.2 Å². The van der Waals surface area contributed by atoms with Crippen LogP contribution in [-0.2, 0) is 9.47 Å². The first-order valence-corrected chi connectivity index (χ1v) is 7.07. The van der Waals surface area contributed by atoms with Gasteiger partial charge in [0.1, 0.15) is 0 Å². The van der Waals surface area contributed by atoms with E-state index >= 15 is 0 Å². The van der Waals surface area contributed by atoms with Gasteiger partial charge < -0.3 is 20.5 Å². The second-order valence-electron chi connectivity index (χ2n) is 4.42. The Hall–Kier alpha value is -1.75. The van der Waals surface area contributed by atoms with Crippen molar-refractivity contribution in [1.29, 1.82) is 0 Å². The number of carbonyl (C=O) groups excluding carboxylic acids is 1. The summed E-state index contributed by atoms with van der Waals surface area (Å²) < 4.78 is 10.4. The van der Waals surface area contributed by atoms with Crippen LogP contribution in [0, 0.1) is 0 Å². The molecule has 5 heteroatoms. The summed E-state index contributed by atoms with van der Waals surface area (Å²) >= 11 is 0. The first kappa shape index (κ1) is 16.3. The molecule has 0 aromatic heterocycles. The third-order valence-corrected chi connectivity index (χ3v) is 2.67. The molecule has 1 aromatic rings. The van der Waals surface area contributed by atoms with Gasteiger partial charge in [0.25, 0.3) is 0 Å². The van der Waals surface area contributed by atoms with Crippen molar-refractivity contribution < 1.29 is 14.3 Å². The summed E-state index contributed by atoms with van der Waals surface area (Å²) in [5.41, 5.74) is 7.48. The second kappa shape index (κ2) is 9.20. The zero-order valence-corrected chi connectivity index (χ0v) is 12.3. The van der Waals surface area contributed by atoms with Crippen LogP contribution in [0.4, 0.5) is 11.4 Å². The number of esters is 1. The van der Waals surface area contributed by atoms with Crippen LogP contribution < -0.4 is 11.1 Å². The van der Waals surface area contributed by atoms with E-state index in [-0.39, 0.29) is 5.97 Å². The fourth-order valence-corrected chi connectivity index (χ4v) is 1.74. The average molecular weight is 280 g/mol. The van der Waals surface area contributed by atoms with Gasteiger partial charge in [0.05, 0.1) is 12.2 Å². The predicted molar refractivity (Wildman–Crippen MR) is 81.0 cm³/mol. The van der Waals surface area contributed by atoms with Crippen LogP contribution in [0.5, 0.6) is 0 Å². The van der Waals surface area contributed by atoms with Crippen molar-refractivity contribution in [2.24, 2.45) is 0 Å². The summed E-state index contributed by atoms with van der Waals surface area (Å²) in [5.74, 6) is -0.357. The lowest BCUT2D eigenvalue weighted by atomic mass is 10.1. The molecule has 0 saturated carbocycles. The van der Waals surface area contributed by atoms with Crippen molar-refractivity contribution >= 4 is 17.3 Å². The van der Waals surface area contributed by atoms with Crippen molar-refractivity contribution in [1.82, 2.24) is 0 Å². The van der Waals surface area contributed by atoms with E-state index in [1.165, 1.54) is 0 Å². The Morgan fingerprint density at radius 3 is 2.80 bits per heavy atom. The minimum Gasteiger partial charge on any atom is -0.462 e. The number of anilines is 2. The van der Waals surface area contributed by atoms with Gasteiger partial charge in [0, 0.05) is 31.1 Å². The number of carbonyl (C=O) groups is 1. The van der Waals surface area contributed by atoms with E-state index in [9.17, 15) is 4.79 Å². The molecule has 0 spiro atoms. The maximum absolute atomic E-state index is 11.8. The van der Waals surface area contributed by atoms with Gasteiger partial charge in [-0.3, -0.25) is 0 Å². The minimum atomic E-state index is -0.357. The fourth-order valence-electron chi connectivity index (χ4n) is 1.74. The molecule has 0 aliphatic rings. The number of nitrogen functional groups attached to an aromatic ring is 1. The van der Waals surface area contributed by atoms with E-state index in [4.69, 9.17) is 15.2 Å². The van der Waals surface area contributed by atoms with E-state index in [2.05, 4.69) is 12.2 Å². The summed E-state index contributed by atoms with van der Waals surface area (Å²) in [5, 5.41) is 3.22. The molecule has 0 atom stereocenters. The zero-order valence-electron chi connectivity index (χ0n) is 12.3. The molecule has 0 radical (unpaired) electrons. The number of hydrogen-bond donors (Lipinski definition) is 2. The molecule has 0 unspecified atom stereocenters. The number of nitrogens with one attached hydrogen (secondary N) is 1. The van der Waals surface area contributed by atoms with E-state index in [0.717, 1.165) is 31.7 Å². The number of rotatable bonds is 9. The zero-order chi connectivity index (χ0) is 14.8. The van der Waals surface area contributed by atoms with Gasteiger partial charge in [-0.2, -0.15) is 0 Å². The Kier molecular flexibility index (Phi) is 7.50. The van der Waals surface area contributed by atoms with Crippen LogP contribution in [0.1, 0.15) is 37.0 Å². The molecule has 1 aromatic carbocycles. The van der Waals surface area contributed by atoms with Crippen LogP contribution in [0.2, 0.25) is 0 Å². The van der Waals surface area contributed by atoms with Crippen molar-refractivity contribution in [3.8, 4) is 0 Å². The van der Waals surface area contributed by atoms with Gasteiger partial charge in [-0.05, 0) is 38.0 Å². The summed E-state index contributed by atoms with van der Waals surface area (Å²) in [7, 11) is 0. The van der Waals surface area contributed by atoms with Gasteiger partial charge in [-0.25, -0.2) is 4.79 Å². The molecule has 112 valence electrons. The lowest BCUT2D eigenvalue weighted by Crippen LogP contribution is -2.12. The average Bonchev–Trinajstić information content (AvgIpc) is 2.44. The highest BCUT2D eigenvalue weighted by Gasteiger charge is 2.12. The molecule has 5 nitrogen and oxygen atoms in total. The molecule has 0 saturated heterocycles. The van der Waals surface area contributed by atoms with Gasteiger partial charge in [-0.15, -0.1) is 0 Å². The first-order chi connectivity index (χ1) is 9.69. The predicted octanol–water partition coefficient (Wildman–Crippen LogP) is 2.67. The monoisotopic (exact) mass is 280 g/mol. The van der Waals surface area contributed by atoms with E-state index < -0.39 is 0 Å². The Morgan fingerprint density at radius 2 is 2.10 bits per heavy atom. The highest BCUT2D eigenvalue weighted by molar-refractivity contribution is 5.96. The van der Waals surface area contributed by atoms with Crippen molar-refractivity contribution in [2.45, 2.75) is 26.7 Å². The third-order valence-electron chi connectivity index (χ3n) is 2.67. The van der Waals surface area contributed by atoms with Crippen LogP contribution >= 0.6 is 0 Å². The molecule has 3 N–H and O–H groups in total. The number of hydrogen-bond acceptors (Lipinski definition) is 5. The minimum absolute atomic E-state index is 0.345. The second-order valence-corrected chi connectivity index (χ2v) is 4.42. The lowest BCUT2D eigenvalue weighted by Gasteiger charge is -2.12. The molecule has 0 heterocycles. The van der Waals surface area contributed by atoms with Gasteiger partial charge in [0.15, 0.2) is 0 Å². The third kappa shape index (κ3) is 5.48. The summed E-state index contributed by atoms with van der Waals surface area (Å²) in [6.07, 6.45) is 1.91. The van der Waals surface area contributed by atoms with Crippen molar-refractivity contribution in [2.75, 3.05) is 37.4 Å². The molecular weight excluding hydrogens is 256 g/mol. The van der Waals surface area contributed by atoms with Crippen LogP contribution in [-0.4, -0.2) is 32.3 Å². The Bertz CT molecular complexity index is 422. The molecule has 0 bridgehead atoms. The highest BCUT2D eigenvalue weighted by Crippen LogP contribution is 2.20. The van der Waals surface area contributed by atoms with Gasteiger partial charge in [-0.1, -0.05) is 6.92 Å². The SMILES string of the molecule is CCCOCCCNc1ccc(N)cc1C(=O)OCC. The van der Waals surface area contributed by atoms with Gasteiger partial charge >= 0.3 is 5.97 Å². The first-order valence-electron chi connectivity index (χ1n) is 7.07. The molecule has 0 aliphatic heterocycles. The van der Waals surface area contributed by atoms with E-state index in [1.54, 1.807) is 25.1 Å². The normalized spacial score (nSPS) is 10.3. The van der Waals surface area contributed by atoms with E-state index in [1.807, 2.05) is 0 Å². The number of benzene rings is 1. The Labute approximate surface area is 120 Å². The maximum Gasteiger partial charge on any atom is 0.340 e. The largest absolute Gasteiger partial charge is 0.462 e. The van der Waals surface area contributed by atoms with Crippen molar-refractivity contribution in [3.63, 3.8) is 0 Å². The smallest absolute Gasteiger partial charge is 0.340 e. The standard InChI is InChI=1S/C15H24N2O3/c1-3-9-19-10-5-8-17-14-7-6-12(16)11-13(14)15(18)20-4-2/h6-7,11,17H,3-5,8-10,16H2,1-2H3. The molecule has 0 fully saturated rings. The molecule has 20 heavy (non-hydrogen) atoms. The Balaban J connectivity index is 2.53. The summed E-state index contributed by atoms with van der Waals surface area (Å²) in [4.78, 5) is 11.8. The lowest BCUT2D eigenvalue weighted by molar-refractivity contribution is 0.0527. The summed E-state index contributed by atoms with van der Waals surface area (Å²) in [6, 6.07) is 5.20. The molecule has 0 amide bonds. The number of nitrogens with two attached hydrogens (primary N) is 1. The topological polar surface area (TPSA) is 73.6 Å². The van der Waals surface area contributed by atoms with Gasteiger partial charge in [0.2, 0.25) is 0 Å². The molecular formula is C15H24N2O3. The molecule has 0 aliphatic carbocycles. The molecule has 1 rings (SSSR count). The van der Waals surface area contributed by atoms with E-state index in [0.29, 0.717) is 24.5 Å². The quantitative estimate of drug-likeness (QED) is 0.413. The Morgan fingerprint density at radius 1 is 1.30 bits per heavy atom. The fraction of sp³-hybridized carbons (Fsp3) is 0.533. The highest BCUT2D eigenvalue weighted by atomic mass is 16.5. The van der Waals surface area contributed by atoms with Crippen LogP contribution in [0.3, 0.4) is 0 Å².